The lowest BCUT2D eigenvalue weighted by Crippen LogP contribution is -2.24. The van der Waals surface area contributed by atoms with Gasteiger partial charge in [-0.15, -0.1) is 0 Å². The molecular weight excluding hydrogens is 178 g/mol. The van der Waals surface area contributed by atoms with E-state index in [1.807, 2.05) is 12.1 Å². The van der Waals surface area contributed by atoms with Gasteiger partial charge in [-0.1, -0.05) is 6.07 Å². The lowest BCUT2D eigenvalue weighted by atomic mass is 9.96. The third-order valence-electron chi connectivity index (χ3n) is 2.54. The minimum atomic E-state index is 0.171. The Morgan fingerprint density at radius 1 is 1.43 bits per heavy atom. The quantitative estimate of drug-likeness (QED) is 0.788. The zero-order valence-electron chi connectivity index (χ0n) is 8.15. The normalized spacial score (nSPS) is 16.4. The summed E-state index contributed by atoms with van der Waals surface area (Å²) in [5, 5.41) is 8.72. The predicted molar refractivity (Wildman–Crippen MR) is 53.3 cm³/mol. The maximum absolute atomic E-state index is 8.72. The highest BCUT2D eigenvalue weighted by molar-refractivity contribution is 5.18. The monoisotopic (exact) mass is 193 g/mol. The Labute approximate surface area is 83.7 Å². The van der Waals surface area contributed by atoms with E-state index in [0.717, 1.165) is 18.4 Å². The maximum atomic E-state index is 8.72. The lowest BCUT2D eigenvalue weighted by molar-refractivity contribution is 0.114. The number of aliphatic hydroxyl groups is 1. The van der Waals surface area contributed by atoms with Gasteiger partial charge in [-0.25, -0.2) is 4.98 Å². The van der Waals surface area contributed by atoms with E-state index in [4.69, 9.17) is 9.84 Å². The van der Waals surface area contributed by atoms with Gasteiger partial charge in [-0.2, -0.15) is 0 Å². The van der Waals surface area contributed by atoms with Crippen molar-refractivity contribution in [2.45, 2.75) is 31.8 Å². The Kier molecular flexibility index (Phi) is 2.99. The SMILES string of the molecule is OCCc1ccc(OC2CCC2)nc1. The molecule has 1 fully saturated rings. The van der Waals surface area contributed by atoms with Gasteiger partial charge in [-0.05, 0) is 31.2 Å². The van der Waals surface area contributed by atoms with Crippen molar-refractivity contribution in [3.05, 3.63) is 23.9 Å². The summed E-state index contributed by atoms with van der Waals surface area (Å²) in [6.45, 7) is 0.171. The zero-order valence-corrected chi connectivity index (χ0v) is 8.15. The van der Waals surface area contributed by atoms with Crippen LogP contribution in [0.1, 0.15) is 24.8 Å². The topological polar surface area (TPSA) is 42.4 Å². The molecule has 0 bridgehead atoms. The number of ether oxygens (including phenoxy) is 1. The van der Waals surface area contributed by atoms with E-state index in [1.54, 1.807) is 6.20 Å². The third-order valence-corrected chi connectivity index (χ3v) is 2.54. The molecule has 0 atom stereocenters. The Balaban J connectivity index is 1.91. The molecule has 0 aliphatic heterocycles. The van der Waals surface area contributed by atoms with Crippen molar-refractivity contribution in [1.82, 2.24) is 4.98 Å². The van der Waals surface area contributed by atoms with Gasteiger partial charge in [0.15, 0.2) is 0 Å². The van der Waals surface area contributed by atoms with Crippen molar-refractivity contribution in [2.24, 2.45) is 0 Å². The smallest absolute Gasteiger partial charge is 0.213 e. The van der Waals surface area contributed by atoms with Crippen LogP contribution < -0.4 is 4.74 Å². The Morgan fingerprint density at radius 2 is 2.29 bits per heavy atom. The van der Waals surface area contributed by atoms with Gasteiger partial charge in [0.05, 0.1) is 0 Å². The number of pyridine rings is 1. The van der Waals surface area contributed by atoms with E-state index in [1.165, 1.54) is 6.42 Å². The molecule has 1 aromatic rings. The maximum Gasteiger partial charge on any atom is 0.213 e. The molecule has 3 nitrogen and oxygen atoms in total. The van der Waals surface area contributed by atoms with E-state index >= 15 is 0 Å². The molecule has 76 valence electrons. The predicted octanol–water partition coefficient (Wildman–Crippen LogP) is 1.55. The van der Waals surface area contributed by atoms with E-state index in [2.05, 4.69) is 4.98 Å². The molecule has 0 saturated heterocycles. The second kappa shape index (κ2) is 4.42. The first-order valence-corrected chi connectivity index (χ1v) is 5.11. The fourth-order valence-electron chi connectivity index (χ4n) is 1.42. The van der Waals surface area contributed by atoms with E-state index in [0.29, 0.717) is 18.4 Å². The van der Waals surface area contributed by atoms with Crippen LogP contribution in [0.15, 0.2) is 18.3 Å². The van der Waals surface area contributed by atoms with Crippen LogP contribution in [0.2, 0.25) is 0 Å². The van der Waals surface area contributed by atoms with Crippen molar-refractivity contribution in [3.63, 3.8) is 0 Å². The summed E-state index contributed by atoms with van der Waals surface area (Å²) < 4.78 is 5.61. The van der Waals surface area contributed by atoms with Crippen LogP contribution in [0.5, 0.6) is 5.88 Å². The molecule has 0 unspecified atom stereocenters. The Hall–Kier alpha value is -1.09. The molecule has 1 aromatic heterocycles. The fraction of sp³-hybridized carbons (Fsp3) is 0.545. The molecule has 0 spiro atoms. The van der Waals surface area contributed by atoms with Gasteiger partial charge in [-0.3, -0.25) is 0 Å². The highest BCUT2D eigenvalue weighted by Gasteiger charge is 2.19. The van der Waals surface area contributed by atoms with Gasteiger partial charge in [0, 0.05) is 18.9 Å². The number of hydrogen-bond acceptors (Lipinski definition) is 3. The summed E-state index contributed by atoms with van der Waals surface area (Å²) in [4.78, 5) is 4.19. The van der Waals surface area contributed by atoms with Gasteiger partial charge in [0.2, 0.25) is 5.88 Å². The number of aromatic nitrogens is 1. The molecule has 0 amide bonds. The Bertz CT molecular complexity index is 280. The van der Waals surface area contributed by atoms with Crippen LogP contribution in [0.25, 0.3) is 0 Å². The van der Waals surface area contributed by atoms with Gasteiger partial charge in [0.1, 0.15) is 6.10 Å². The van der Waals surface area contributed by atoms with E-state index < -0.39 is 0 Å². The molecular formula is C11H15NO2. The summed E-state index contributed by atoms with van der Waals surface area (Å²) in [5.74, 6) is 0.705. The van der Waals surface area contributed by atoms with Crippen LogP contribution in [0, 0.1) is 0 Å². The molecule has 3 heteroatoms. The van der Waals surface area contributed by atoms with Crippen molar-refractivity contribution in [3.8, 4) is 5.88 Å². The summed E-state index contributed by atoms with van der Waals surface area (Å²) in [7, 11) is 0. The van der Waals surface area contributed by atoms with Crippen molar-refractivity contribution in [1.29, 1.82) is 0 Å². The van der Waals surface area contributed by atoms with Crippen molar-refractivity contribution >= 4 is 0 Å². The van der Waals surface area contributed by atoms with Crippen molar-refractivity contribution < 1.29 is 9.84 Å². The standard InChI is InChI=1S/C11H15NO2/c13-7-6-9-4-5-11(12-8-9)14-10-2-1-3-10/h4-5,8,10,13H,1-3,6-7H2. The average Bonchev–Trinajstić information content (AvgIpc) is 2.14. The molecule has 0 aromatic carbocycles. The van der Waals surface area contributed by atoms with Gasteiger partial charge >= 0.3 is 0 Å². The van der Waals surface area contributed by atoms with E-state index in [9.17, 15) is 0 Å². The van der Waals surface area contributed by atoms with Crippen LogP contribution in [0.3, 0.4) is 0 Å². The first-order chi connectivity index (χ1) is 6.88. The second-order valence-corrected chi connectivity index (χ2v) is 3.65. The number of aliphatic hydroxyl groups excluding tert-OH is 1. The molecule has 14 heavy (non-hydrogen) atoms. The molecule has 0 radical (unpaired) electrons. The third kappa shape index (κ3) is 2.23. The van der Waals surface area contributed by atoms with Crippen LogP contribution in [0.4, 0.5) is 0 Å². The summed E-state index contributed by atoms with van der Waals surface area (Å²) in [6, 6.07) is 3.83. The first kappa shape index (κ1) is 9.46. The largest absolute Gasteiger partial charge is 0.474 e. The highest BCUT2D eigenvalue weighted by Crippen LogP contribution is 2.23. The molecule has 1 heterocycles. The minimum Gasteiger partial charge on any atom is -0.474 e. The molecule has 1 saturated carbocycles. The first-order valence-electron chi connectivity index (χ1n) is 5.11. The van der Waals surface area contributed by atoms with Crippen LogP contribution in [-0.2, 0) is 6.42 Å². The second-order valence-electron chi connectivity index (χ2n) is 3.65. The molecule has 1 aliphatic carbocycles. The Morgan fingerprint density at radius 3 is 2.79 bits per heavy atom. The number of nitrogens with zero attached hydrogens (tertiary/aromatic N) is 1. The van der Waals surface area contributed by atoms with E-state index in [-0.39, 0.29) is 6.61 Å². The average molecular weight is 193 g/mol. The summed E-state index contributed by atoms with van der Waals surface area (Å²) >= 11 is 0. The van der Waals surface area contributed by atoms with Gasteiger partial charge < -0.3 is 9.84 Å². The fourth-order valence-corrected chi connectivity index (χ4v) is 1.42. The highest BCUT2D eigenvalue weighted by atomic mass is 16.5. The number of hydrogen-bond donors (Lipinski definition) is 1. The molecule has 2 rings (SSSR count). The summed E-state index contributed by atoms with van der Waals surface area (Å²) in [6.07, 6.45) is 6.39. The van der Waals surface area contributed by atoms with Crippen LogP contribution >= 0.6 is 0 Å². The van der Waals surface area contributed by atoms with Crippen molar-refractivity contribution in [2.75, 3.05) is 6.61 Å². The molecule has 1 aliphatic rings. The summed E-state index contributed by atoms with van der Waals surface area (Å²) in [5.41, 5.74) is 1.05. The van der Waals surface area contributed by atoms with Crippen LogP contribution in [-0.4, -0.2) is 22.8 Å². The minimum absolute atomic E-state index is 0.171. The zero-order chi connectivity index (χ0) is 9.80. The lowest BCUT2D eigenvalue weighted by Gasteiger charge is -2.25. The number of rotatable bonds is 4. The molecule has 1 N–H and O–H groups in total. The van der Waals surface area contributed by atoms with Gasteiger partial charge in [0.25, 0.3) is 0 Å².